The van der Waals surface area contributed by atoms with Gasteiger partial charge in [0.05, 0.1) is 0 Å². The molecule has 1 fully saturated rings. The average molecular weight is 271 g/mol. The van der Waals surface area contributed by atoms with E-state index in [9.17, 15) is 9.59 Å². The van der Waals surface area contributed by atoms with Gasteiger partial charge in [-0.05, 0) is 31.8 Å². The molecule has 2 N–H and O–H groups in total. The van der Waals surface area contributed by atoms with Crippen LogP contribution < -0.4 is 5.32 Å². The van der Waals surface area contributed by atoms with Gasteiger partial charge in [0.25, 0.3) is 0 Å². The van der Waals surface area contributed by atoms with Crippen molar-refractivity contribution in [1.82, 2.24) is 15.1 Å². The molecule has 0 saturated carbocycles. The van der Waals surface area contributed by atoms with Gasteiger partial charge in [-0.2, -0.15) is 0 Å². The minimum absolute atomic E-state index is 0.0486. The molecule has 1 saturated heterocycles. The summed E-state index contributed by atoms with van der Waals surface area (Å²) in [7, 11) is 3.88. The van der Waals surface area contributed by atoms with Gasteiger partial charge in [-0.25, -0.2) is 4.79 Å². The number of hydrogen-bond donors (Lipinski definition) is 2. The maximum Gasteiger partial charge on any atom is 0.317 e. The van der Waals surface area contributed by atoms with Crippen LogP contribution in [0.25, 0.3) is 0 Å². The summed E-state index contributed by atoms with van der Waals surface area (Å²) >= 11 is 0. The molecule has 0 aromatic heterocycles. The van der Waals surface area contributed by atoms with Crippen LogP contribution in [0.4, 0.5) is 4.79 Å². The summed E-state index contributed by atoms with van der Waals surface area (Å²) in [5, 5.41) is 11.4. The van der Waals surface area contributed by atoms with E-state index in [2.05, 4.69) is 17.3 Å². The first-order valence-corrected chi connectivity index (χ1v) is 6.77. The molecule has 110 valence electrons. The number of hydrogen-bond acceptors (Lipinski definition) is 3. The quantitative estimate of drug-likeness (QED) is 0.745. The highest BCUT2D eigenvalue weighted by molar-refractivity contribution is 5.74. The molecular formula is C13H25N3O3. The first kappa shape index (κ1) is 15.8. The summed E-state index contributed by atoms with van der Waals surface area (Å²) in [6.45, 7) is 5.10. The Morgan fingerprint density at radius 3 is 2.74 bits per heavy atom. The van der Waals surface area contributed by atoms with Crippen LogP contribution in [-0.4, -0.2) is 67.2 Å². The van der Waals surface area contributed by atoms with Crippen LogP contribution >= 0.6 is 0 Å². The van der Waals surface area contributed by atoms with Crippen molar-refractivity contribution in [3.05, 3.63) is 0 Å². The smallest absolute Gasteiger partial charge is 0.317 e. The number of carboxylic acids is 1. The van der Waals surface area contributed by atoms with Gasteiger partial charge in [0.1, 0.15) is 0 Å². The standard InChI is InChI=1S/C13H25N3O3/c1-10(6-12(17)18)7-14-13(19)16(3)9-11-4-5-15(2)8-11/h10-11H,4-9H2,1-3H3,(H,14,19)(H,17,18). The molecule has 19 heavy (non-hydrogen) atoms. The Bertz CT molecular complexity index is 322. The minimum atomic E-state index is -0.830. The number of amides is 2. The third-order valence-corrected chi connectivity index (χ3v) is 3.49. The van der Waals surface area contributed by atoms with E-state index in [1.54, 1.807) is 11.9 Å². The highest BCUT2D eigenvalue weighted by Crippen LogP contribution is 2.15. The van der Waals surface area contributed by atoms with Gasteiger partial charge in [0, 0.05) is 33.1 Å². The monoisotopic (exact) mass is 271 g/mol. The molecule has 0 aromatic rings. The zero-order chi connectivity index (χ0) is 14.4. The molecule has 0 radical (unpaired) electrons. The largest absolute Gasteiger partial charge is 0.481 e. The number of carboxylic acid groups (broad SMARTS) is 1. The number of rotatable bonds is 6. The number of aliphatic carboxylic acids is 1. The fourth-order valence-corrected chi connectivity index (χ4v) is 2.41. The summed E-state index contributed by atoms with van der Waals surface area (Å²) < 4.78 is 0. The van der Waals surface area contributed by atoms with Crippen LogP contribution in [0.15, 0.2) is 0 Å². The lowest BCUT2D eigenvalue weighted by atomic mass is 10.1. The van der Waals surface area contributed by atoms with E-state index >= 15 is 0 Å². The van der Waals surface area contributed by atoms with Crippen LogP contribution in [0.1, 0.15) is 19.8 Å². The summed E-state index contributed by atoms with van der Waals surface area (Å²) in [4.78, 5) is 26.3. The predicted octanol–water partition coefficient (Wildman–Crippen LogP) is 0.690. The zero-order valence-electron chi connectivity index (χ0n) is 12.1. The van der Waals surface area contributed by atoms with E-state index in [0.29, 0.717) is 12.5 Å². The van der Waals surface area contributed by atoms with E-state index in [-0.39, 0.29) is 18.4 Å². The molecule has 0 aromatic carbocycles. The zero-order valence-corrected chi connectivity index (χ0v) is 12.1. The fourth-order valence-electron chi connectivity index (χ4n) is 2.41. The molecule has 2 unspecified atom stereocenters. The lowest BCUT2D eigenvalue weighted by Crippen LogP contribution is -2.42. The van der Waals surface area contributed by atoms with Crippen molar-refractivity contribution < 1.29 is 14.7 Å². The van der Waals surface area contributed by atoms with Crippen molar-refractivity contribution in [2.75, 3.05) is 40.3 Å². The first-order valence-electron chi connectivity index (χ1n) is 6.77. The van der Waals surface area contributed by atoms with E-state index in [1.807, 2.05) is 6.92 Å². The first-order chi connectivity index (χ1) is 8.88. The molecule has 2 amide bonds. The Labute approximate surface area is 114 Å². The van der Waals surface area contributed by atoms with E-state index < -0.39 is 5.97 Å². The topological polar surface area (TPSA) is 72.9 Å². The number of likely N-dealkylation sites (tertiary alicyclic amines) is 1. The summed E-state index contributed by atoms with van der Waals surface area (Å²) in [6, 6.07) is -0.119. The molecule has 2 atom stereocenters. The Morgan fingerprint density at radius 2 is 2.21 bits per heavy atom. The number of carbonyl (C=O) groups is 2. The average Bonchev–Trinajstić information content (AvgIpc) is 2.70. The number of nitrogens with one attached hydrogen (secondary N) is 1. The fraction of sp³-hybridized carbons (Fsp3) is 0.846. The highest BCUT2D eigenvalue weighted by atomic mass is 16.4. The summed E-state index contributed by atoms with van der Waals surface area (Å²) in [5.74, 6) is -0.339. The third-order valence-electron chi connectivity index (χ3n) is 3.49. The number of carbonyl (C=O) groups excluding carboxylic acids is 1. The van der Waals surface area contributed by atoms with Crippen LogP contribution in [0, 0.1) is 11.8 Å². The van der Waals surface area contributed by atoms with Crippen LogP contribution in [0.2, 0.25) is 0 Å². The van der Waals surface area contributed by atoms with Crippen molar-refractivity contribution in [1.29, 1.82) is 0 Å². The summed E-state index contributed by atoms with van der Waals surface area (Å²) in [6.07, 6.45) is 1.21. The van der Waals surface area contributed by atoms with Gasteiger partial charge in [-0.3, -0.25) is 4.79 Å². The van der Waals surface area contributed by atoms with Crippen LogP contribution in [0.5, 0.6) is 0 Å². The van der Waals surface area contributed by atoms with Crippen molar-refractivity contribution in [2.24, 2.45) is 11.8 Å². The molecule has 0 bridgehead atoms. The SMILES string of the molecule is CC(CNC(=O)N(C)CC1CCN(C)C1)CC(=O)O. The molecule has 6 heteroatoms. The van der Waals surface area contributed by atoms with Gasteiger partial charge >= 0.3 is 12.0 Å². The second-order valence-electron chi connectivity index (χ2n) is 5.69. The molecule has 1 aliphatic heterocycles. The van der Waals surface area contributed by atoms with Gasteiger partial charge in [0.2, 0.25) is 0 Å². The normalized spacial score (nSPS) is 21.1. The Hall–Kier alpha value is -1.30. The Morgan fingerprint density at radius 1 is 1.53 bits per heavy atom. The summed E-state index contributed by atoms with van der Waals surface area (Å²) in [5.41, 5.74) is 0. The molecule has 0 aliphatic carbocycles. The third kappa shape index (κ3) is 5.92. The van der Waals surface area contributed by atoms with Gasteiger partial charge in [0.15, 0.2) is 0 Å². The Balaban J connectivity index is 2.23. The maximum atomic E-state index is 11.9. The van der Waals surface area contributed by atoms with Gasteiger partial charge < -0.3 is 20.2 Å². The van der Waals surface area contributed by atoms with Crippen molar-refractivity contribution in [3.8, 4) is 0 Å². The second-order valence-corrected chi connectivity index (χ2v) is 5.69. The van der Waals surface area contributed by atoms with Gasteiger partial charge in [-0.15, -0.1) is 0 Å². The van der Waals surface area contributed by atoms with Crippen LogP contribution in [0.3, 0.4) is 0 Å². The van der Waals surface area contributed by atoms with Crippen molar-refractivity contribution >= 4 is 12.0 Å². The molecule has 0 spiro atoms. The van der Waals surface area contributed by atoms with Gasteiger partial charge in [-0.1, -0.05) is 6.92 Å². The molecule has 1 aliphatic rings. The van der Waals surface area contributed by atoms with Crippen molar-refractivity contribution in [2.45, 2.75) is 19.8 Å². The minimum Gasteiger partial charge on any atom is -0.481 e. The maximum absolute atomic E-state index is 11.9. The van der Waals surface area contributed by atoms with E-state index in [0.717, 1.165) is 26.1 Å². The van der Waals surface area contributed by atoms with E-state index in [1.165, 1.54) is 0 Å². The second kappa shape index (κ2) is 7.33. The molecule has 1 heterocycles. The van der Waals surface area contributed by atoms with E-state index in [4.69, 9.17) is 5.11 Å². The molecule has 6 nitrogen and oxygen atoms in total. The number of nitrogens with zero attached hydrogens (tertiary/aromatic N) is 2. The lowest BCUT2D eigenvalue weighted by molar-refractivity contribution is -0.137. The Kier molecular flexibility index (Phi) is 6.08. The van der Waals surface area contributed by atoms with Crippen LogP contribution in [-0.2, 0) is 4.79 Å². The number of urea groups is 1. The van der Waals surface area contributed by atoms with Crippen molar-refractivity contribution in [3.63, 3.8) is 0 Å². The predicted molar refractivity (Wildman–Crippen MR) is 73.0 cm³/mol. The lowest BCUT2D eigenvalue weighted by Gasteiger charge is -2.22. The molecular weight excluding hydrogens is 246 g/mol. The highest BCUT2D eigenvalue weighted by Gasteiger charge is 2.22. The molecule has 1 rings (SSSR count).